The van der Waals surface area contributed by atoms with Crippen LogP contribution in [0.5, 0.6) is 0 Å². The van der Waals surface area contributed by atoms with E-state index in [4.69, 9.17) is 5.73 Å². The van der Waals surface area contributed by atoms with Gasteiger partial charge in [-0.2, -0.15) is 13.1 Å². The Kier molecular flexibility index (Phi) is 5.46. The fourth-order valence-corrected chi connectivity index (χ4v) is 1.85. The van der Waals surface area contributed by atoms with Gasteiger partial charge in [0.2, 0.25) is 0 Å². The van der Waals surface area contributed by atoms with Crippen LogP contribution in [0.25, 0.3) is 0 Å². The molecule has 0 fully saturated rings. The van der Waals surface area contributed by atoms with Crippen LogP contribution in [0.3, 0.4) is 0 Å². The molecule has 0 aliphatic heterocycles. The van der Waals surface area contributed by atoms with Crippen LogP contribution in [-0.4, -0.2) is 27.0 Å². The predicted octanol–water partition coefficient (Wildman–Crippen LogP) is -0.444. The molecule has 80 valence electrons. The van der Waals surface area contributed by atoms with Crippen molar-refractivity contribution in [1.82, 2.24) is 9.44 Å². The quantitative estimate of drug-likeness (QED) is 0.554. The van der Waals surface area contributed by atoms with Crippen molar-refractivity contribution in [1.29, 1.82) is 0 Å². The molecule has 0 aromatic heterocycles. The summed E-state index contributed by atoms with van der Waals surface area (Å²) >= 11 is 0. The summed E-state index contributed by atoms with van der Waals surface area (Å²) in [6, 6.07) is -0.223. The van der Waals surface area contributed by atoms with Crippen LogP contribution < -0.4 is 15.2 Å². The van der Waals surface area contributed by atoms with Crippen molar-refractivity contribution in [2.24, 2.45) is 5.73 Å². The van der Waals surface area contributed by atoms with Gasteiger partial charge in [0, 0.05) is 18.6 Å². The maximum absolute atomic E-state index is 11.2. The van der Waals surface area contributed by atoms with Gasteiger partial charge in [0.15, 0.2) is 0 Å². The minimum atomic E-state index is -3.37. The van der Waals surface area contributed by atoms with Gasteiger partial charge in [0.05, 0.1) is 0 Å². The summed E-state index contributed by atoms with van der Waals surface area (Å²) in [5.41, 5.74) is 5.56. The molecule has 0 aliphatic carbocycles. The van der Waals surface area contributed by atoms with Crippen molar-refractivity contribution in [2.45, 2.75) is 39.3 Å². The number of rotatable bonds is 6. The normalized spacial score (nSPS) is 14.8. The molecule has 4 N–H and O–H groups in total. The van der Waals surface area contributed by atoms with E-state index in [9.17, 15) is 8.42 Å². The standard InChI is InChI=1S/C7H19N3O2S/c1-4-7(8)5-9-13(11,12)10-6(2)3/h6-7,9-10H,4-5,8H2,1-3H3. The monoisotopic (exact) mass is 209 g/mol. The zero-order valence-corrected chi connectivity index (χ0v) is 9.19. The molecule has 0 spiro atoms. The second-order valence-corrected chi connectivity index (χ2v) is 4.82. The maximum atomic E-state index is 11.2. The van der Waals surface area contributed by atoms with E-state index in [1.165, 1.54) is 0 Å². The highest BCUT2D eigenvalue weighted by molar-refractivity contribution is 7.87. The molecule has 0 bridgehead atoms. The van der Waals surface area contributed by atoms with Gasteiger partial charge in [-0.3, -0.25) is 0 Å². The average Bonchev–Trinajstić information content (AvgIpc) is 1.98. The molecule has 0 amide bonds. The molecule has 0 saturated carbocycles. The Morgan fingerprint density at radius 1 is 1.38 bits per heavy atom. The van der Waals surface area contributed by atoms with E-state index in [2.05, 4.69) is 9.44 Å². The van der Waals surface area contributed by atoms with Crippen molar-refractivity contribution in [3.8, 4) is 0 Å². The zero-order valence-electron chi connectivity index (χ0n) is 8.37. The minimum Gasteiger partial charge on any atom is -0.327 e. The first-order valence-electron chi connectivity index (χ1n) is 4.40. The maximum Gasteiger partial charge on any atom is 0.277 e. The second kappa shape index (κ2) is 5.54. The second-order valence-electron chi connectivity index (χ2n) is 3.29. The van der Waals surface area contributed by atoms with Crippen molar-refractivity contribution < 1.29 is 8.42 Å². The lowest BCUT2D eigenvalue weighted by Crippen LogP contribution is -2.44. The van der Waals surface area contributed by atoms with Crippen LogP contribution in [-0.2, 0) is 10.2 Å². The molecule has 0 aliphatic rings. The first kappa shape index (κ1) is 12.8. The average molecular weight is 209 g/mol. The van der Waals surface area contributed by atoms with Gasteiger partial charge >= 0.3 is 0 Å². The van der Waals surface area contributed by atoms with Crippen molar-refractivity contribution in [2.75, 3.05) is 6.54 Å². The SMILES string of the molecule is CCC(N)CNS(=O)(=O)NC(C)C. The van der Waals surface area contributed by atoms with Gasteiger partial charge in [0.1, 0.15) is 0 Å². The van der Waals surface area contributed by atoms with Crippen molar-refractivity contribution in [3.63, 3.8) is 0 Å². The summed E-state index contributed by atoms with van der Waals surface area (Å²) in [7, 11) is -3.37. The van der Waals surface area contributed by atoms with Crippen LogP contribution in [0.1, 0.15) is 27.2 Å². The van der Waals surface area contributed by atoms with E-state index < -0.39 is 10.2 Å². The summed E-state index contributed by atoms with van der Waals surface area (Å²) in [4.78, 5) is 0. The summed E-state index contributed by atoms with van der Waals surface area (Å²) in [5, 5.41) is 0. The van der Waals surface area contributed by atoms with Gasteiger partial charge in [-0.25, -0.2) is 4.72 Å². The van der Waals surface area contributed by atoms with E-state index in [1.807, 2.05) is 6.92 Å². The van der Waals surface area contributed by atoms with Crippen LogP contribution in [0, 0.1) is 0 Å². The first-order valence-corrected chi connectivity index (χ1v) is 5.88. The fourth-order valence-electron chi connectivity index (χ4n) is 0.713. The highest BCUT2D eigenvalue weighted by Crippen LogP contribution is 1.87. The molecule has 0 aromatic carbocycles. The van der Waals surface area contributed by atoms with E-state index in [1.54, 1.807) is 13.8 Å². The number of nitrogens with two attached hydrogens (primary N) is 1. The van der Waals surface area contributed by atoms with Crippen LogP contribution in [0.2, 0.25) is 0 Å². The Hall–Kier alpha value is -0.170. The Bertz CT molecular complexity index is 226. The Balaban J connectivity index is 3.90. The molecular weight excluding hydrogens is 190 g/mol. The highest BCUT2D eigenvalue weighted by Gasteiger charge is 2.11. The first-order chi connectivity index (χ1) is 5.87. The Morgan fingerprint density at radius 2 is 1.92 bits per heavy atom. The molecule has 1 unspecified atom stereocenters. The summed E-state index contributed by atoms with van der Waals surface area (Å²) in [6.07, 6.45) is 0.754. The van der Waals surface area contributed by atoms with E-state index in [0.717, 1.165) is 6.42 Å². The Labute approximate surface area is 80.3 Å². The van der Waals surface area contributed by atoms with Crippen LogP contribution in [0.15, 0.2) is 0 Å². The summed E-state index contributed by atoms with van der Waals surface area (Å²) in [6.45, 7) is 5.71. The zero-order chi connectivity index (χ0) is 10.5. The van der Waals surface area contributed by atoms with E-state index in [0.29, 0.717) is 0 Å². The van der Waals surface area contributed by atoms with Gasteiger partial charge in [-0.05, 0) is 20.3 Å². The molecular formula is C7H19N3O2S. The van der Waals surface area contributed by atoms with Gasteiger partial charge in [-0.15, -0.1) is 0 Å². The lowest BCUT2D eigenvalue weighted by atomic mass is 10.2. The third-order valence-corrected chi connectivity index (χ3v) is 2.78. The topological polar surface area (TPSA) is 84.2 Å². The molecule has 1 atom stereocenters. The van der Waals surface area contributed by atoms with Gasteiger partial charge in [0.25, 0.3) is 10.2 Å². The number of nitrogens with one attached hydrogen (secondary N) is 2. The number of hydrogen-bond acceptors (Lipinski definition) is 3. The predicted molar refractivity (Wildman–Crippen MR) is 53.5 cm³/mol. The molecule has 0 radical (unpaired) electrons. The lowest BCUT2D eigenvalue weighted by Gasteiger charge is -2.13. The molecule has 0 aromatic rings. The van der Waals surface area contributed by atoms with Crippen LogP contribution in [0.4, 0.5) is 0 Å². The third-order valence-electron chi connectivity index (χ3n) is 1.45. The van der Waals surface area contributed by atoms with Crippen LogP contribution >= 0.6 is 0 Å². The van der Waals surface area contributed by atoms with Gasteiger partial charge in [-0.1, -0.05) is 6.92 Å². The summed E-state index contributed by atoms with van der Waals surface area (Å²) in [5.74, 6) is 0. The number of hydrogen-bond donors (Lipinski definition) is 3. The Morgan fingerprint density at radius 3 is 2.31 bits per heavy atom. The summed E-state index contributed by atoms with van der Waals surface area (Å²) < 4.78 is 27.1. The fraction of sp³-hybridized carbons (Fsp3) is 1.00. The highest BCUT2D eigenvalue weighted by atomic mass is 32.2. The minimum absolute atomic E-state index is 0.102. The van der Waals surface area contributed by atoms with E-state index >= 15 is 0 Å². The van der Waals surface area contributed by atoms with E-state index in [-0.39, 0.29) is 18.6 Å². The lowest BCUT2D eigenvalue weighted by molar-refractivity contribution is 0.541. The van der Waals surface area contributed by atoms with Crippen molar-refractivity contribution >= 4 is 10.2 Å². The van der Waals surface area contributed by atoms with Gasteiger partial charge < -0.3 is 5.73 Å². The molecule has 5 nitrogen and oxygen atoms in total. The molecule has 6 heteroatoms. The molecule has 0 saturated heterocycles. The third kappa shape index (κ3) is 6.94. The van der Waals surface area contributed by atoms with Crippen molar-refractivity contribution in [3.05, 3.63) is 0 Å². The molecule has 13 heavy (non-hydrogen) atoms. The smallest absolute Gasteiger partial charge is 0.277 e. The largest absolute Gasteiger partial charge is 0.327 e. The molecule has 0 rings (SSSR count). The molecule has 0 heterocycles.